The Morgan fingerprint density at radius 1 is 1.17 bits per heavy atom. The van der Waals surface area contributed by atoms with Crippen molar-refractivity contribution in [3.63, 3.8) is 0 Å². The lowest BCUT2D eigenvalue weighted by molar-refractivity contribution is -0.140. The third-order valence-corrected chi connectivity index (χ3v) is 4.54. The van der Waals surface area contributed by atoms with Crippen LogP contribution in [0.2, 0.25) is 0 Å². The van der Waals surface area contributed by atoms with Gasteiger partial charge in [-0.2, -0.15) is 0 Å². The Kier molecular flexibility index (Phi) is 3.52. The lowest BCUT2D eigenvalue weighted by Crippen LogP contribution is -2.30. The van der Waals surface area contributed by atoms with Crippen molar-refractivity contribution in [3.05, 3.63) is 54.2 Å². The fraction of sp³-hybridized carbons (Fsp3) is 0.278. The topological polar surface area (TPSA) is 63.4 Å². The van der Waals surface area contributed by atoms with Crippen LogP contribution >= 0.6 is 0 Å². The molecule has 24 heavy (non-hydrogen) atoms. The van der Waals surface area contributed by atoms with E-state index in [0.29, 0.717) is 24.1 Å². The van der Waals surface area contributed by atoms with Gasteiger partial charge in [-0.05, 0) is 31.0 Å². The molecule has 1 fully saturated rings. The second-order valence-electron chi connectivity index (χ2n) is 6.07. The molecule has 0 saturated carbocycles. The monoisotopic (exact) mass is 326 g/mol. The maximum absolute atomic E-state index is 13.3. The molecular weight excluding hydrogens is 311 g/mol. The molecular formula is C18H15FN2O3. The number of aromatic nitrogens is 1. The van der Waals surface area contributed by atoms with E-state index in [1.807, 2.05) is 12.2 Å². The van der Waals surface area contributed by atoms with Gasteiger partial charge >= 0.3 is 0 Å². The van der Waals surface area contributed by atoms with Crippen molar-refractivity contribution in [2.24, 2.45) is 11.8 Å². The highest BCUT2D eigenvalue weighted by atomic mass is 19.1. The fourth-order valence-corrected chi connectivity index (χ4v) is 3.32. The molecule has 1 aliphatic carbocycles. The summed E-state index contributed by atoms with van der Waals surface area (Å²) in [6.45, 7) is 0.0868. The third-order valence-electron chi connectivity index (χ3n) is 4.54. The molecule has 2 atom stereocenters. The van der Waals surface area contributed by atoms with E-state index in [9.17, 15) is 14.0 Å². The van der Waals surface area contributed by atoms with Gasteiger partial charge in [0.25, 0.3) is 0 Å². The van der Waals surface area contributed by atoms with Gasteiger partial charge in [0.15, 0.2) is 0 Å². The first-order valence-electron chi connectivity index (χ1n) is 7.84. The summed E-state index contributed by atoms with van der Waals surface area (Å²) >= 11 is 0. The number of benzene rings is 1. The number of hydrogen-bond acceptors (Lipinski definition) is 4. The Balaban J connectivity index is 1.54. The lowest BCUT2D eigenvalue weighted by atomic mass is 9.85. The molecule has 2 aliphatic rings. The van der Waals surface area contributed by atoms with E-state index in [1.54, 1.807) is 12.1 Å². The average molecular weight is 326 g/mol. The quantitative estimate of drug-likeness (QED) is 0.643. The number of rotatable bonds is 3. The van der Waals surface area contributed by atoms with Crippen LogP contribution in [-0.4, -0.2) is 21.7 Å². The molecule has 5 nitrogen and oxygen atoms in total. The molecule has 0 radical (unpaired) electrons. The Bertz CT molecular complexity index is 816. The van der Waals surface area contributed by atoms with Crippen LogP contribution < -0.4 is 0 Å². The molecule has 1 aromatic carbocycles. The van der Waals surface area contributed by atoms with Crippen molar-refractivity contribution >= 4 is 11.8 Å². The molecule has 1 aliphatic heterocycles. The Morgan fingerprint density at radius 3 is 2.54 bits per heavy atom. The smallest absolute Gasteiger partial charge is 0.233 e. The van der Waals surface area contributed by atoms with Gasteiger partial charge in [0.05, 0.1) is 24.1 Å². The van der Waals surface area contributed by atoms with Crippen LogP contribution in [0.5, 0.6) is 0 Å². The molecule has 122 valence electrons. The summed E-state index contributed by atoms with van der Waals surface area (Å²) in [5, 5.41) is 0. The normalized spacial score (nSPS) is 23.0. The number of nitrogens with zero attached hydrogens (tertiary/aromatic N) is 2. The Hall–Kier alpha value is -2.76. The summed E-state index contributed by atoms with van der Waals surface area (Å²) in [5.74, 6) is -0.917. The van der Waals surface area contributed by atoms with Crippen LogP contribution in [0, 0.1) is 17.7 Å². The van der Waals surface area contributed by atoms with E-state index in [1.165, 1.54) is 23.3 Å². The fourth-order valence-electron chi connectivity index (χ4n) is 3.32. The molecule has 4 rings (SSSR count). The number of halogens is 1. The number of oxazole rings is 1. The predicted molar refractivity (Wildman–Crippen MR) is 82.8 cm³/mol. The van der Waals surface area contributed by atoms with E-state index in [0.717, 1.165) is 0 Å². The zero-order chi connectivity index (χ0) is 16.7. The summed E-state index contributed by atoms with van der Waals surface area (Å²) in [6.07, 6.45) is 6.53. The van der Waals surface area contributed by atoms with E-state index in [2.05, 4.69) is 4.98 Å². The number of allylic oxidation sites excluding steroid dienone is 2. The van der Waals surface area contributed by atoms with Crippen molar-refractivity contribution in [1.29, 1.82) is 0 Å². The van der Waals surface area contributed by atoms with Gasteiger partial charge in [-0.1, -0.05) is 18.2 Å². The first-order chi connectivity index (χ1) is 11.6. The number of imide groups is 1. The van der Waals surface area contributed by atoms with Crippen molar-refractivity contribution < 1.29 is 18.4 Å². The summed E-state index contributed by atoms with van der Waals surface area (Å²) in [5.41, 5.74) is 0.987. The summed E-state index contributed by atoms with van der Waals surface area (Å²) < 4.78 is 18.7. The number of amides is 2. The molecule has 6 heteroatoms. The molecule has 0 N–H and O–H groups in total. The average Bonchev–Trinajstić information content (AvgIpc) is 3.15. The molecule has 2 heterocycles. The maximum Gasteiger partial charge on any atom is 0.233 e. The van der Waals surface area contributed by atoms with E-state index in [-0.39, 0.29) is 41.9 Å². The second kappa shape index (κ2) is 5.70. The number of carbonyl (C=O) groups excluding carboxylic acids is 2. The molecule has 0 bridgehead atoms. The number of hydrogen-bond donors (Lipinski definition) is 0. The summed E-state index contributed by atoms with van der Waals surface area (Å²) in [6, 6.07) is 5.91. The molecule has 2 aromatic rings. The van der Waals surface area contributed by atoms with Gasteiger partial charge < -0.3 is 4.42 Å². The van der Waals surface area contributed by atoms with Crippen LogP contribution in [0.15, 0.2) is 47.1 Å². The summed E-state index contributed by atoms with van der Waals surface area (Å²) in [4.78, 5) is 30.4. The SMILES string of the molecule is O=C1[C@@H]2CC=CC[C@H]2C(=O)N1Cc1coc(-c2cccc(F)c2)n1. The number of carbonyl (C=O) groups is 2. The van der Waals surface area contributed by atoms with Crippen molar-refractivity contribution in [1.82, 2.24) is 9.88 Å². The third kappa shape index (κ3) is 2.44. The first kappa shape index (κ1) is 14.8. The van der Waals surface area contributed by atoms with Crippen LogP contribution in [-0.2, 0) is 16.1 Å². The molecule has 1 aromatic heterocycles. The van der Waals surface area contributed by atoms with E-state index < -0.39 is 0 Å². The van der Waals surface area contributed by atoms with Gasteiger partial charge in [0, 0.05) is 5.56 Å². The first-order valence-corrected chi connectivity index (χ1v) is 7.84. The minimum absolute atomic E-state index is 0.0868. The van der Waals surface area contributed by atoms with Crippen LogP contribution in [0.4, 0.5) is 4.39 Å². The van der Waals surface area contributed by atoms with E-state index in [4.69, 9.17) is 4.42 Å². The van der Waals surface area contributed by atoms with E-state index >= 15 is 0 Å². The largest absolute Gasteiger partial charge is 0.444 e. The second-order valence-corrected chi connectivity index (χ2v) is 6.07. The molecule has 0 unspecified atom stereocenters. The number of fused-ring (bicyclic) bond motifs is 1. The van der Waals surface area contributed by atoms with Gasteiger partial charge in [-0.3, -0.25) is 14.5 Å². The van der Waals surface area contributed by atoms with Crippen molar-refractivity contribution in [2.75, 3.05) is 0 Å². The molecule has 0 spiro atoms. The summed E-state index contributed by atoms with van der Waals surface area (Å²) in [7, 11) is 0. The van der Waals surface area contributed by atoms with Crippen molar-refractivity contribution in [3.8, 4) is 11.5 Å². The maximum atomic E-state index is 13.3. The predicted octanol–water partition coefficient (Wildman–Crippen LogP) is 2.93. The highest BCUT2D eigenvalue weighted by molar-refractivity contribution is 6.05. The van der Waals surface area contributed by atoms with Crippen LogP contribution in [0.25, 0.3) is 11.5 Å². The molecule has 1 saturated heterocycles. The lowest BCUT2D eigenvalue weighted by Gasteiger charge is -2.14. The zero-order valence-corrected chi connectivity index (χ0v) is 12.8. The minimum Gasteiger partial charge on any atom is -0.444 e. The van der Waals surface area contributed by atoms with Gasteiger partial charge in [0.2, 0.25) is 17.7 Å². The standard InChI is InChI=1S/C18H15FN2O3/c19-12-5-3-4-11(8-12)16-20-13(10-24-16)9-21-17(22)14-6-1-2-7-15(14)18(21)23/h1-5,8,10,14-15H,6-7,9H2/t14-,15-/m1/s1. The van der Waals surface area contributed by atoms with Crippen molar-refractivity contribution in [2.45, 2.75) is 19.4 Å². The Labute approximate surface area is 137 Å². The number of likely N-dealkylation sites (tertiary alicyclic amines) is 1. The Morgan fingerprint density at radius 2 is 1.88 bits per heavy atom. The highest BCUT2D eigenvalue weighted by Crippen LogP contribution is 2.35. The van der Waals surface area contributed by atoms with Gasteiger partial charge in [-0.15, -0.1) is 0 Å². The molecule has 2 amide bonds. The highest BCUT2D eigenvalue weighted by Gasteiger charge is 2.47. The minimum atomic E-state index is -0.381. The van der Waals surface area contributed by atoms with Gasteiger partial charge in [0.1, 0.15) is 12.1 Å². The zero-order valence-electron chi connectivity index (χ0n) is 12.8. The van der Waals surface area contributed by atoms with Crippen LogP contribution in [0.3, 0.4) is 0 Å². The van der Waals surface area contributed by atoms with Gasteiger partial charge in [-0.25, -0.2) is 9.37 Å². The van der Waals surface area contributed by atoms with Crippen LogP contribution in [0.1, 0.15) is 18.5 Å².